The fraction of sp³-hybridized carbons (Fsp3) is 0.538. The molecule has 0 saturated carbocycles. The fourth-order valence-corrected chi connectivity index (χ4v) is 4.47. The molecule has 0 radical (unpaired) electrons. The standard InChI is InChI=1S/C13H17Cl2NO3S/c1-16(11-4-7-20(17,18)9-11)5-6-19-13-3-2-10(14)8-12(13)15/h2-3,8,11H,4-7,9H2,1H3. The molecule has 1 unspecified atom stereocenters. The van der Waals surface area contributed by atoms with Crippen molar-refractivity contribution in [1.29, 1.82) is 0 Å². The SMILES string of the molecule is CN(CCOc1ccc(Cl)cc1Cl)C1CCS(=O)(=O)C1. The third-order valence-corrected chi connectivity index (χ3v) is 5.71. The van der Waals surface area contributed by atoms with E-state index in [1.165, 1.54) is 0 Å². The van der Waals surface area contributed by atoms with E-state index in [4.69, 9.17) is 27.9 Å². The molecule has 112 valence electrons. The first-order valence-electron chi connectivity index (χ1n) is 6.36. The van der Waals surface area contributed by atoms with Crippen molar-refractivity contribution in [3.8, 4) is 5.75 Å². The van der Waals surface area contributed by atoms with E-state index in [0.717, 1.165) is 0 Å². The number of hydrogen-bond acceptors (Lipinski definition) is 4. The van der Waals surface area contributed by atoms with Crippen LogP contribution >= 0.6 is 23.2 Å². The minimum absolute atomic E-state index is 0.0873. The molecular weight excluding hydrogens is 321 g/mol. The van der Waals surface area contributed by atoms with Crippen molar-refractivity contribution in [2.24, 2.45) is 0 Å². The van der Waals surface area contributed by atoms with Crippen molar-refractivity contribution in [3.63, 3.8) is 0 Å². The van der Waals surface area contributed by atoms with E-state index >= 15 is 0 Å². The highest BCUT2D eigenvalue weighted by Crippen LogP contribution is 2.27. The maximum Gasteiger partial charge on any atom is 0.151 e. The van der Waals surface area contributed by atoms with Gasteiger partial charge in [0.05, 0.1) is 16.5 Å². The van der Waals surface area contributed by atoms with E-state index in [2.05, 4.69) is 0 Å². The summed E-state index contributed by atoms with van der Waals surface area (Å²) in [6.07, 6.45) is 0.695. The van der Waals surface area contributed by atoms with Gasteiger partial charge in [-0.25, -0.2) is 8.42 Å². The van der Waals surface area contributed by atoms with Gasteiger partial charge in [-0.15, -0.1) is 0 Å². The van der Waals surface area contributed by atoms with Gasteiger partial charge in [0.15, 0.2) is 9.84 Å². The molecule has 1 aromatic carbocycles. The summed E-state index contributed by atoms with van der Waals surface area (Å²) in [5.41, 5.74) is 0. The Kier molecular flexibility index (Phi) is 5.18. The van der Waals surface area contributed by atoms with Crippen LogP contribution in [0.1, 0.15) is 6.42 Å². The van der Waals surface area contributed by atoms with Gasteiger partial charge in [-0.1, -0.05) is 23.2 Å². The first kappa shape index (κ1) is 15.9. The predicted molar refractivity (Wildman–Crippen MR) is 81.6 cm³/mol. The Morgan fingerprint density at radius 2 is 2.15 bits per heavy atom. The van der Waals surface area contributed by atoms with Crippen LogP contribution in [0.15, 0.2) is 18.2 Å². The summed E-state index contributed by atoms with van der Waals surface area (Å²) < 4.78 is 28.5. The molecule has 0 aliphatic carbocycles. The molecule has 1 heterocycles. The van der Waals surface area contributed by atoms with Gasteiger partial charge in [0.1, 0.15) is 12.4 Å². The number of ether oxygens (including phenoxy) is 1. The van der Waals surface area contributed by atoms with E-state index < -0.39 is 9.84 Å². The molecule has 1 aliphatic heterocycles. The highest BCUT2D eigenvalue weighted by atomic mass is 35.5. The molecule has 1 aliphatic rings. The Bertz CT molecular complexity index is 577. The van der Waals surface area contributed by atoms with E-state index in [1.54, 1.807) is 18.2 Å². The first-order valence-corrected chi connectivity index (χ1v) is 8.93. The summed E-state index contributed by atoms with van der Waals surface area (Å²) >= 11 is 11.8. The number of halogens is 2. The van der Waals surface area contributed by atoms with Gasteiger partial charge in [-0.3, -0.25) is 4.90 Å². The molecule has 1 aromatic rings. The van der Waals surface area contributed by atoms with Gasteiger partial charge in [0, 0.05) is 17.6 Å². The maximum atomic E-state index is 11.4. The van der Waals surface area contributed by atoms with Gasteiger partial charge >= 0.3 is 0 Å². The van der Waals surface area contributed by atoms with Crippen LogP contribution in [0.5, 0.6) is 5.75 Å². The third kappa shape index (κ3) is 4.25. The summed E-state index contributed by atoms with van der Waals surface area (Å²) in [5.74, 6) is 1.11. The van der Waals surface area contributed by atoms with Crippen molar-refractivity contribution in [2.45, 2.75) is 12.5 Å². The summed E-state index contributed by atoms with van der Waals surface area (Å²) in [4.78, 5) is 2.02. The molecule has 1 fully saturated rings. The van der Waals surface area contributed by atoms with Crippen LogP contribution in [0, 0.1) is 0 Å². The molecule has 1 atom stereocenters. The van der Waals surface area contributed by atoms with Crippen LogP contribution in [-0.2, 0) is 9.84 Å². The number of likely N-dealkylation sites (N-methyl/N-ethyl adjacent to an activating group) is 1. The zero-order chi connectivity index (χ0) is 14.8. The van der Waals surface area contributed by atoms with Gasteiger partial charge in [-0.2, -0.15) is 0 Å². The lowest BCUT2D eigenvalue weighted by Gasteiger charge is -2.23. The van der Waals surface area contributed by atoms with Crippen molar-refractivity contribution in [3.05, 3.63) is 28.2 Å². The number of nitrogens with zero attached hydrogens (tertiary/aromatic N) is 1. The van der Waals surface area contributed by atoms with Crippen LogP contribution in [0.25, 0.3) is 0 Å². The topological polar surface area (TPSA) is 46.6 Å². The molecule has 2 rings (SSSR count). The number of rotatable bonds is 5. The smallest absolute Gasteiger partial charge is 0.151 e. The lowest BCUT2D eigenvalue weighted by Crippen LogP contribution is -2.35. The summed E-state index contributed by atoms with van der Waals surface area (Å²) in [6.45, 7) is 1.10. The minimum atomic E-state index is -2.85. The van der Waals surface area contributed by atoms with Crippen molar-refractivity contribution < 1.29 is 13.2 Å². The summed E-state index contributed by atoms with van der Waals surface area (Å²) in [6, 6.07) is 5.16. The lowest BCUT2D eigenvalue weighted by atomic mass is 10.2. The van der Waals surface area contributed by atoms with E-state index in [1.807, 2.05) is 11.9 Å². The highest BCUT2D eigenvalue weighted by molar-refractivity contribution is 7.91. The van der Waals surface area contributed by atoms with Crippen molar-refractivity contribution in [1.82, 2.24) is 4.90 Å². The summed E-state index contributed by atoms with van der Waals surface area (Å²) in [7, 11) is -0.932. The average molecular weight is 338 g/mol. The second kappa shape index (κ2) is 6.52. The Morgan fingerprint density at radius 3 is 2.75 bits per heavy atom. The minimum Gasteiger partial charge on any atom is -0.491 e. The molecule has 7 heteroatoms. The normalized spacial score (nSPS) is 21.3. The Balaban J connectivity index is 1.81. The number of benzene rings is 1. The Hall–Kier alpha value is -0.490. The Labute approximate surface area is 129 Å². The second-order valence-corrected chi connectivity index (χ2v) is 8.03. The Morgan fingerprint density at radius 1 is 1.40 bits per heavy atom. The number of sulfone groups is 1. The monoisotopic (exact) mass is 337 g/mol. The van der Waals surface area contributed by atoms with Gasteiger partial charge < -0.3 is 4.74 Å². The lowest BCUT2D eigenvalue weighted by molar-refractivity contribution is 0.202. The molecule has 0 aromatic heterocycles. The van der Waals surface area contributed by atoms with Crippen molar-refractivity contribution in [2.75, 3.05) is 31.7 Å². The van der Waals surface area contributed by atoms with Crippen LogP contribution in [0.2, 0.25) is 10.0 Å². The summed E-state index contributed by atoms with van der Waals surface area (Å²) in [5, 5.41) is 1.04. The molecule has 0 bridgehead atoms. The number of hydrogen-bond donors (Lipinski definition) is 0. The van der Waals surface area contributed by atoms with Crippen LogP contribution in [0.4, 0.5) is 0 Å². The first-order chi connectivity index (χ1) is 9.37. The fourth-order valence-electron chi connectivity index (χ4n) is 2.20. The maximum absolute atomic E-state index is 11.4. The van der Waals surface area contributed by atoms with Crippen LogP contribution in [0.3, 0.4) is 0 Å². The zero-order valence-electron chi connectivity index (χ0n) is 11.2. The third-order valence-electron chi connectivity index (χ3n) is 3.43. The van der Waals surface area contributed by atoms with E-state index in [-0.39, 0.29) is 17.5 Å². The molecule has 0 amide bonds. The van der Waals surface area contributed by atoms with Crippen molar-refractivity contribution >= 4 is 33.0 Å². The van der Waals surface area contributed by atoms with Crippen LogP contribution in [-0.4, -0.2) is 51.1 Å². The highest BCUT2D eigenvalue weighted by Gasteiger charge is 2.30. The molecule has 20 heavy (non-hydrogen) atoms. The zero-order valence-corrected chi connectivity index (χ0v) is 13.5. The average Bonchev–Trinajstić information content (AvgIpc) is 2.72. The quantitative estimate of drug-likeness (QED) is 0.828. The molecule has 0 N–H and O–H groups in total. The molecular formula is C13H17Cl2NO3S. The molecule has 0 spiro atoms. The van der Waals surface area contributed by atoms with Gasteiger partial charge in [0.25, 0.3) is 0 Å². The van der Waals surface area contributed by atoms with E-state index in [0.29, 0.717) is 35.4 Å². The van der Waals surface area contributed by atoms with Gasteiger partial charge in [-0.05, 0) is 31.7 Å². The molecule has 1 saturated heterocycles. The molecule has 4 nitrogen and oxygen atoms in total. The van der Waals surface area contributed by atoms with Crippen LogP contribution < -0.4 is 4.74 Å². The largest absolute Gasteiger partial charge is 0.491 e. The second-order valence-electron chi connectivity index (χ2n) is 4.96. The van der Waals surface area contributed by atoms with Gasteiger partial charge in [0.2, 0.25) is 0 Å². The predicted octanol–water partition coefficient (Wildman–Crippen LogP) is 2.49. The van der Waals surface area contributed by atoms with E-state index in [9.17, 15) is 8.42 Å².